The molecule has 0 fully saturated rings. The number of para-hydroxylation sites is 1. The SMILES string of the molecule is CC[N+](C)(CC)CCOC(=O)c1cc2ccccc2[nH]1.[I-]. The number of hydrogen-bond acceptors (Lipinski definition) is 2. The lowest BCUT2D eigenvalue weighted by Crippen LogP contribution is -3.00. The van der Waals surface area contributed by atoms with Crippen molar-refractivity contribution in [1.82, 2.24) is 4.98 Å². The van der Waals surface area contributed by atoms with Crippen molar-refractivity contribution < 1.29 is 38.0 Å². The van der Waals surface area contributed by atoms with Gasteiger partial charge in [0.15, 0.2) is 0 Å². The largest absolute Gasteiger partial charge is 1.00 e. The highest BCUT2D eigenvalue weighted by Gasteiger charge is 2.18. The number of nitrogens with zero attached hydrogens (tertiary/aromatic N) is 1. The van der Waals surface area contributed by atoms with Crippen LogP contribution in [0.3, 0.4) is 0 Å². The van der Waals surface area contributed by atoms with Gasteiger partial charge >= 0.3 is 5.97 Å². The van der Waals surface area contributed by atoms with Gasteiger partial charge < -0.3 is 38.2 Å². The number of halogens is 1. The first kappa shape index (κ1) is 18.0. The van der Waals surface area contributed by atoms with Gasteiger partial charge in [-0.05, 0) is 26.0 Å². The average molecular weight is 402 g/mol. The van der Waals surface area contributed by atoms with Crippen LogP contribution < -0.4 is 24.0 Å². The number of ether oxygens (including phenoxy) is 1. The van der Waals surface area contributed by atoms with Crippen LogP contribution in [0.1, 0.15) is 24.3 Å². The molecule has 0 unspecified atom stereocenters. The van der Waals surface area contributed by atoms with Crippen LogP contribution >= 0.6 is 0 Å². The average Bonchev–Trinajstić information content (AvgIpc) is 2.91. The van der Waals surface area contributed by atoms with Crippen molar-refractivity contribution in [3.63, 3.8) is 0 Å². The van der Waals surface area contributed by atoms with Gasteiger partial charge in [-0.2, -0.15) is 0 Å². The number of likely N-dealkylation sites (N-methyl/N-ethyl adjacent to an activating group) is 1. The predicted molar refractivity (Wildman–Crippen MR) is 80.7 cm³/mol. The normalized spacial score (nSPS) is 11.2. The summed E-state index contributed by atoms with van der Waals surface area (Å²) in [7, 11) is 2.18. The van der Waals surface area contributed by atoms with Crippen molar-refractivity contribution in [2.75, 3.05) is 33.3 Å². The molecule has 0 atom stereocenters. The summed E-state index contributed by atoms with van der Waals surface area (Å²) in [5.41, 5.74) is 1.48. The molecular weight excluding hydrogens is 379 g/mol. The van der Waals surface area contributed by atoms with E-state index >= 15 is 0 Å². The number of hydrogen-bond donors (Lipinski definition) is 1. The first-order chi connectivity index (χ1) is 9.58. The molecule has 1 heterocycles. The molecule has 1 aromatic carbocycles. The van der Waals surface area contributed by atoms with Crippen LogP contribution in [0.5, 0.6) is 0 Å². The summed E-state index contributed by atoms with van der Waals surface area (Å²) in [6.45, 7) is 7.69. The molecule has 0 saturated heterocycles. The highest BCUT2D eigenvalue weighted by Crippen LogP contribution is 2.15. The van der Waals surface area contributed by atoms with E-state index in [0.717, 1.165) is 35.0 Å². The molecule has 116 valence electrons. The van der Waals surface area contributed by atoms with Crippen molar-refractivity contribution in [3.8, 4) is 0 Å². The standard InChI is InChI=1S/C16H22N2O2.HI/c1-4-18(3,5-2)10-11-20-16(19)15-12-13-8-6-7-9-14(13)17-15;/h6-9,12H,4-5,10-11H2,1-3H3;1H. The van der Waals surface area contributed by atoms with Gasteiger partial charge in [-0.1, -0.05) is 18.2 Å². The second kappa shape index (κ2) is 7.79. The fourth-order valence-corrected chi connectivity index (χ4v) is 2.16. The molecule has 0 aliphatic carbocycles. The molecule has 5 heteroatoms. The van der Waals surface area contributed by atoms with Crippen molar-refractivity contribution in [1.29, 1.82) is 0 Å². The Morgan fingerprint density at radius 1 is 1.24 bits per heavy atom. The molecule has 0 saturated carbocycles. The van der Waals surface area contributed by atoms with Crippen molar-refractivity contribution in [3.05, 3.63) is 36.0 Å². The van der Waals surface area contributed by atoms with E-state index < -0.39 is 0 Å². The zero-order valence-corrected chi connectivity index (χ0v) is 15.0. The number of fused-ring (bicyclic) bond motifs is 1. The molecule has 0 aliphatic rings. The summed E-state index contributed by atoms with van der Waals surface area (Å²) in [4.78, 5) is 15.1. The van der Waals surface area contributed by atoms with E-state index in [4.69, 9.17) is 4.74 Å². The van der Waals surface area contributed by atoms with E-state index in [9.17, 15) is 4.79 Å². The third-order valence-corrected chi connectivity index (χ3v) is 4.14. The summed E-state index contributed by atoms with van der Waals surface area (Å²) in [5, 5.41) is 1.03. The summed E-state index contributed by atoms with van der Waals surface area (Å²) < 4.78 is 6.29. The second-order valence-corrected chi connectivity index (χ2v) is 5.38. The molecule has 0 spiro atoms. The number of benzene rings is 1. The Bertz CT molecular complexity index is 558. The third-order valence-electron chi connectivity index (χ3n) is 4.14. The van der Waals surface area contributed by atoms with Gasteiger partial charge in [-0.25, -0.2) is 4.79 Å². The topological polar surface area (TPSA) is 42.1 Å². The van der Waals surface area contributed by atoms with Gasteiger partial charge in [-0.15, -0.1) is 0 Å². The molecule has 0 amide bonds. The number of aromatic nitrogens is 1. The van der Waals surface area contributed by atoms with Gasteiger partial charge in [0, 0.05) is 10.9 Å². The molecule has 21 heavy (non-hydrogen) atoms. The lowest BCUT2D eigenvalue weighted by Gasteiger charge is -2.31. The number of H-pyrrole nitrogens is 1. The van der Waals surface area contributed by atoms with E-state index in [2.05, 4.69) is 25.9 Å². The maximum Gasteiger partial charge on any atom is 0.354 e. The third kappa shape index (κ3) is 4.44. The number of rotatable bonds is 6. The molecule has 2 aromatic rings. The smallest absolute Gasteiger partial charge is 0.354 e. The maximum absolute atomic E-state index is 12.0. The highest BCUT2D eigenvalue weighted by atomic mass is 127. The second-order valence-electron chi connectivity index (χ2n) is 5.38. The zero-order valence-electron chi connectivity index (χ0n) is 12.9. The monoisotopic (exact) mass is 402 g/mol. The Morgan fingerprint density at radius 3 is 2.52 bits per heavy atom. The van der Waals surface area contributed by atoms with Crippen LogP contribution in [0.2, 0.25) is 0 Å². The fourth-order valence-electron chi connectivity index (χ4n) is 2.16. The highest BCUT2D eigenvalue weighted by molar-refractivity contribution is 5.94. The van der Waals surface area contributed by atoms with Crippen LogP contribution in [-0.4, -0.2) is 48.7 Å². The fraction of sp³-hybridized carbons (Fsp3) is 0.438. The minimum absolute atomic E-state index is 0. The Kier molecular flexibility index (Phi) is 6.67. The number of quaternary nitrogens is 1. The Balaban J connectivity index is 0.00000220. The molecule has 2 rings (SSSR count). The summed E-state index contributed by atoms with van der Waals surface area (Å²) in [5.74, 6) is -0.278. The number of aromatic amines is 1. The van der Waals surface area contributed by atoms with E-state index in [1.165, 1.54) is 0 Å². The number of carbonyl (C=O) groups is 1. The van der Waals surface area contributed by atoms with Gasteiger partial charge in [0.2, 0.25) is 0 Å². The van der Waals surface area contributed by atoms with E-state index in [1.807, 2.05) is 30.3 Å². The van der Waals surface area contributed by atoms with Crippen molar-refractivity contribution >= 4 is 16.9 Å². The van der Waals surface area contributed by atoms with Crippen LogP contribution in [0.25, 0.3) is 10.9 Å². The minimum Gasteiger partial charge on any atom is -1.00 e. The quantitative estimate of drug-likeness (QED) is 0.414. The van der Waals surface area contributed by atoms with Gasteiger partial charge in [-0.3, -0.25) is 0 Å². The van der Waals surface area contributed by atoms with Crippen LogP contribution in [0.15, 0.2) is 30.3 Å². The molecule has 1 N–H and O–H groups in total. The number of nitrogens with one attached hydrogen (secondary N) is 1. The lowest BCUT2D eigenvalue weighted by atomic mass is 10.2. The van der Waals surface area contributed by atoms with E-state index in [1.54, 1.807) is 0 Å². The van der Waals surface area contributed by atoms with Crippen LogP contribution in [0.4, 0.5) is 0 Å². The summed E-state index contributed by atoms with van der Waals surface area (Å²) in [6.07, 6.45) is 0. The summed E-state index contributed by atoms with van der Waals surface area (Å²) in [6, 6.07) is 9.67. The first-order valence-corrected chi connectivity index (χ1v) is 7.16. The molecule has 1 aromatic heterocycles. The Labute approximate surface area is 143 Å². The minimum atomic E-state index is -0.278. The molecule has 0 aliphatic heterocycles. The first-order valence-electron chi connectivity index (χ1n) is 7.16. The summed E-state index contributed by atoms with van der Waals surface area (Å²) >= 11 is 0. The maximum atomic E-state index is 12.0. The van der Waals surface area contributed by atoms with Gasteiger partial charge in [0.05, 0.1) is 20.1 Å². The van der Waals surface area contributed by atoms with Gasteiger partial charge in [0.25, 0.3) is 0 Å². The van der Waals surface area contributed by atoms with E-state index in [0.29, 0.717) is 12.3 Å². The van der Waals surface area contributed by atoms with E-state index in [-0.39, 0.29) is 29.9 Å². The molecule has 0 radical (unpaired) electrons. The number of esters is 1. The predicted octanol–water partition coefficient (Wildman–Crippen LogP) is -0.185. The molecule has 4 nitrogen and oxygen atoms in total. The van der Waals surface area contributed by atoms with Gasteiger partial charge in [0.1, 0.15) is 18.8 Å². The zero-order chi connectivity index (χ0) is 14.6. The number of carbonyl (C=O) groups excluding carboxylic acids is 1. The molecular formula is C16H23IN2O2. The Morgan fingerprint density at radius 2 is 1.90 bits per heavy atom. The van der Waals surface area contributed by atoms with Crippen LogP contribution in [-0.2, 0) is 4.74 Å². The lowest BCUT2D eigenvalue weighted by molar-refractivity contribution is -0.906. The van der Waals surface area contributed by atoms with Crippen molar-refractivity contribution in [2.45, 2.75) is 13.8 Å². The van der Waals surface area contributed by atoms with Crippen LogP contribution in [0, 0.1) is 0 Å². The van der Waals surface area contributed by atoms with Crippen molar-refractivity contribution in [2.24, 2.45) is 0 Å². The molecule has 0 bridgehead atoms. The Hall–Kier alpha value is -1.08.